The fourth-order valence-electron chi connectivity index (χ4n) is 2.81. The molecular weight excluding hydrogens is 443 g/mol. The highest BCUT2D eigenvalue weighted by Gasteiger charge is 2.26. The maximum Gasteiger partial charge on any atom is 0.414 e. The van der Waals surface area contributed by atoms with Crippen LogP contribution in [0.1, 0.15) is 40.0 Å². The van der Waals surface area contributed by atoms with E-state index in [0.29, 0.717) is 11.3 Å². The Labute approximate surface area is 190 Å². The molecule has 0 radical (unpaired) electrons. The lowest BCUT2D eigenvalue weighted by molar-refractivity contribution is 0.0131. The predicted molar refractivity (Wildman–Crippen MR) is 115 cm³/mol. The van der Waals surface area contributed by atoms with E-state index in [9.17, 15) is 22.8 Å². The molecule has 11 heteroatoms. The van der Waals surface area contributed by atoms with Crippen LogP contribution in [0.3, 0.4) is 0 Å². The number of amides is 2. The number of halogens is 3. The molecule has 0 saturated carbocycles. The van der Waals surface area contributed by atoms with Crippen molar-refractivity contribution >= 4 is 18.1 Å². The van der Waals surface area contributed by atoms with Crippen LogP contribution in [0.2, 0.25) is 0 Å². The Hall–Kier alpha value is -3.24. The van der Waals surface area contributed by atoms with E-state index in [1.165, 1.54) is 36.2 Å². The number of ether oxygens (including phenoxy) is 2. The molecule has 182 valence electrons. The molecule has 1 atom stereocenters. The molecule has 33 heavy (non-hydrogen) atoms. The van der Waals surface area contributed by atoms with Crippen molar-refractivity contribution in [3.8, 4) is 11.3 Å². The quantitative estimate of drug-likeness (QED) is 0.504. The number of anilines is 1. The minimum atomic E-state index is -2.47. The summed E-state index contributed by atoms with van der Waals surface area (Å²) in [6.45, 7) is 4.84. The summed E-state index contributed by atoms with van der Waals surface area (Å²) in [5, 5.41) is 6.11. The van der Waals surface area contributed by atoms with Crippen LogP contribution >= 0.6 is 0 Å². The van der Waals surface area contributed by atoms with Gasteiger partial charge in [-0.05, 0) is 45.7 Å². The highest BCUT2D eigenvalue weighted by Crippen LogP contribution is 2.22. The van der Waals surface area contributed by atoms with E-state index in [0.717, 1.165) is 0 Å². The second-order valence-electron chi connectivity index (χ2n) is 8.38. The van der Waals surface area contributed by atoms with Gasteiger partial charge < -0.3 is 18.9 Å². The van der Waals surface area contributed by atoms with E-state index in [4.69, 9.17) is 14.0 Å². The van der Waals surface area contributed by atoms with E-state index < -0.39 is 36.1 Å². The van der Waals surface area contributed by atoms with Crippen LogP contribution in [-0.2, 0) is 9.47 Å². The van der Waals surface area contributed by atoms with Crippen LogP contribution in [0.4, 0.5) is 28.6 Å². The molecule has 2 rings (SSSR count). The number of nitrogens with one attached hydrogen (secondary N) is 1. The molecule has 1 aromatic heterocycles. The maximum absolute atomic E-state index is 13.4. The first-order chi connectivity index (χ1) is 15.4. The fourth-order valence-corrected chi connectivity index (χ4v) is 2.81. The van der Waals surface area contributed by atoms with Gasteiger partial charge in [0.15, 0.2) is 0 Å². The van der Waals surface area contributed by atoms with Gasteiger partial charge in [-0.2, -0.15) is 0 Å². The van der Waals surface area contributed by atoms with Crippen molar-refractivity contribution in [2.45, 2.75) is 58.1 Å². The van der Waals surface area contributed by atoms with Gasteiger partial charge in [-0.15, -0.1) is 0 Å². The lowest BCUT2D eigenvalue weighted by Gasteiger charge is -2.30. The molecule has 0 saturated heterocycles. The number of hydrogen-bond donors (Lipinski definition) is 1. The Morgan fingerprint density at radius 2 is 1.94 bits per heavy atom. The van der Waals surface area contributed by atoms with Crippen molar-refractivity contribution < 1.29 is 36.8 Å². The highest BCUT2D eigenvalue weighted by atomic mass is 19.3. The second kappa shape index (κ2) is 11.6. The molecule has 1 heterocycles. The molecule has 1 aromatic carbocycles. The molecule has 2 amide bonds. The van der Waals surface area contributed by atoms with Crippen LogP contribution in [0.15, 0.2) is 34.9 Å². The van der Waals surface area contributed by atoms with Crippen LogP contribution in [-0.4, -0.2) is 54.0 Å². The third-order valence-electron chi connectivity index (χ3n) is 4.45. The molecule has 0 fully saturated rings. The molecule has 0 aliphatic heterocycles. The minimum absolute atomic E-state index is 0.0333. The van der Waals surface area contributed by atoms with Gasteiger partial charge in [-0.1, -0.05) is 17.3 Å². The lowest BCUT2D eigenvalue weighted by Crippen LogP contribution is -2.43. The third kappa shape index (κ3) is 9.03. The molecule has 0 spiro atoms. The summed E-state index contributed by atoms with van der Waals surface area (Å²) >= 11 is 0. The minimum Gasteiger partial charge on any atom is -0.447 e. The zero-order chi connectivity index (χ0) is 24.6. The Bertz CT molecular complexity index is 930. The Morgan fingerprint density at radius 1 is 1.21 bits per heavy atom. The van der Waals surface area contributed by atoms with Gasteiger partial charge in [0, 0.05) is 25.1 Å². The van der Waals surface area contributed by atoms with E-state index >= 15 is 0 Å². The van der Waals surface area contributed by atoms with E-state index in [2.05, 4.69) is 10.5 Å². The fraction of sp³-hybridized carbons (Fsp3) is 0.500. The van der Waals surface area contributed by atoms with Crippen LogP contribution in [0.25, 0.3) is 11.3 Å². The molecule has 0 bridgehead atoms. The van der Waals surface area contributed by atoms with Gasteiger partial charge in [0.25, 0.3) is 0 Å². The summed E-state index contributed by atoms with van der Waals surface area (Å²) in [6.07, 6.45) is -4.07. The average molecular weight is 471 g/mol. The van der Waals surface area contributed by atoms with E-state index in [1.807, 2.05) is 0 Å². The molecule has 0 unspecified atom stereocenters. The first-order valence-electron chi connectivity index (χ1n) is 10.3. The van der Waals surface area contributed by atoms with Gasteiger partial charge in [-0.3, -0.25) is 5.32 Å². The number of alkyl halides is 2. The molecule has 8 nitrogen and oxygen atoms in total. The van der Waals surface area contributed by atoms with Crippen molar-refractivity contribution in [1.29, 1.82) is 0 Å². The van der Waals surface area contributed by atoms with Crippen LogP contribution in [0.5, 0.6) is 0 Å². The molecule has 1 N–H and O–H groups in total. The van der Waals surface area contributed by atoms with Gasteiger partial charge >= 0.3 is 12.2 Å². The van der Waals surface area contributed by atoms with Crippen LogP contribution in [0, 0.1) is 5.82 Å². The summed E-state index contributed by atoms with van der Waals surface area (Å²) in [4.78, 5) is 25.8. The summed E-state index contributed by atoms with van der Waals surface area (Å²) in [5.41, 5.74) is 0.0144. The third-order valence-corrected chi connectivity index (χ3v) is 4.45. The number of nitrogens with zero attached hydrogens (tertiary/aromatic N) is 2. The maximum atomic E-state index is 13.4. The van der Waals surface area contributed by atoms with E-state index in [-0.39, 0.29) is 31.8 Å². The molecule has 0 aliphatic rings. The number of rotatable bonds is 9. The predicted octanol–water partition coefficient (Wildman–Crippen LogP) is 5.70. The zero-order valence-electron chi connectivity index (χ0n) is 18.9. The first-order valence-corrected chi connectivity index (χ1v) is 10.3. The molecule has 2 aromatic rings. The van der Waals surface area contributed by atoms with Crippen molar-refractivity contribution in [1.82, 2.24) is 10.1 Å². The number of likely N-dealkylation sites (N-methyl/N-ethyl adjacent to an activating group) is 1. The second-order valence-corrected chi connectivity index (χ2v) is 8.38. The Morgan fingerprint density at radius 3 is 2.58 bits per heavy atom. The largest absolute Gasteiger partial charge is 0.447 e. The van der Waals surface area contributed by atoms with Crippen LogP contribution < -0.4 is 5.32 Å². The van der Waals surface area contributed by atoms with Gasteiger partial charge in [-0.25, -0.2) is 22.8 Å². The summed E-state index contributed by atoms with van der Waals surface area (Å²) < 4.78 is 53.9. The normalized spacial score (nSPS) is 12.4. The topological polar surface area (TPSA) is 93.9 Å². The van der Waals surface area contributed by atoms with Gasteiger partial charge in [0.2, 0.25) is 12.3 Å². The SMILES string of the molecule is CN(C(=O)OC(C)(C)C)[C@@H](CCCC(F)F)COC(=O)Nc1cc(-c2cccc(F)c2)no1. The standard InChI is InChI=1S/C22H28F3N3O5/c1-22(2,3)32-21(30)28(4)16(9-6-10-18(24)25)13-31-20(29)26-19-12-17(27-33-19)14-7-5-8-15(23)11-14/h5,7-8,11-12,16,18H,6,9-10,13H2,1-4H3,(H,26,29)/t16-/m0/s1. The molecular formula is C22H28F3N3O5. The highest BCUT2D eigenvalue weighted by molar-refractivity contribution is 5.83. The van der Waals surface area contributed by atoms with Crippen molar-refractivity contribution in [2.75, 3.05) is 19.0 Å². The Kier molecular flexibility index (Phi) is 9.12. The Balaban J connectivity index is 1.96. The number of aromatic nitrogens is 1. The smallest absolute Gasteiger partial charge is 0.414 e. The monoisotopic (exact) mass is 471 g/mol. The number of carbonyl (C=O) groups excluding carboxylic acids is 2. The zero-order valence-corrected chi connectivity index (χ0v) is 18.9. The van der Waals surface area contributed by atoms with Gasteiger partial charge in [0.1, 0.15) is 23.7 Å². The number of benzene rings is 1. The number of hydrogen-bond acceptors (Lipinski definition) is 6. The van der Waals surface area contributed by atoms with Gasteiger partial charge in [0.05, 0.1) is 6.04 Å². The summed E-state index contributed by atoms with van der Waals surface area (Å²) in [7, 11) is 1.45. The van der Waals surface area contributed by atoms with Crippen molar-refractivity contribution in [3.05, 3.63) is 36.1 Å². The lowest BCUT2D eigenvalue weighted by atomic mass is 10.1. The van der Waals surface area contributed by atoms with Crippen molar-refractivity contribution in [3.63, 3.8) is 0 Å². The van der Waals surface area contributed by atoms with E-state index in [1.54, 1.807) is 26.8 Å². The summed E-state index contributed by atoms with van der Waals surface area (Å²) in [5.74, 6) is -0.481. The first kappa shape index (κ1) is 26.0. The summed E-state index contributed by atoms with van der Waals surface area (Å²) in [6, 6.07) is 6.39. The molecule has 0 aliphatic carbocycles. The van der Waals surface area contributed by atoms with Crippen molar-refractivity contribution in [2.24, 2.45) is 0 Å². The average Bonchev–Trinajstić information content (AvgIpc) is 3.17. The number of carbonyl (C=O) groups is 2.